The van der Waals surface area contributed by atoms with Crippen LogP contribution >= 0.6 is 11.3 Å². The highest BCUT2D eigenvalue weighted by atomic mass is 32.1. The number of fused-ring (bicyclic) bond motifs is 1. The number of aromatic nitrogens is 4. The van der Waals surface area contributed by atoms with Crippen molar-refractivity contribution in [2.24, 2.45) is 0 Å². The van der Waals surface area contributed by atoms with Gasteiger partial charge in [0.1, 0.15) is 5.01 Å². The van der Waals surface area contributed by atoms with E-state index in [-0.39, 0.29) is 6.61 Å². The van der Waals surface area contributed by atoms with Crippen LogP contribution in [0, 0.1) is 6.92 Å². The molecule has 0 saturated heterocycles. The van der Waals surface area contributed by atoms with E-state index in [9.17, 15) is 0 Å². The Hall–Kier alpha value is -1.99. The van der Waals surface area contributed by atoms with E-state index in [1.54, 1.807) is 17.5 Å². The Morgan fingerprint density at radius 3 is 3.10 bits per heavy atom. The Bertz CT molecular complexity index is 689. The quantitative estimate of drug-likeness (QED) is 0.747. The lowest BCUT2D eigenvalue weighted by Gasteiger charge is -2.05. The molecule has 2 N–H and O–H groups in total. The average Bonchev–Trinajstić information content (AvgIpc) is 2.96. The molecular weight excluding hydrogens is 274 g/mol. The van der Waals surface area contributed by atoms with Crippen LogP contribution in [0.3, 0.4) is 0 Å². The predicted molar refractivity (Wildman–Crippen MR) is 78.0 cm³/mol. The summed E-state index contributed by atoms with van der Waals surface area (Å²) in [5.74, 6) is 0. The normalized spacial score (nSPS) is 11.1. The molecule has 0 fully saturated rings. The van der Waals surface area contributed by atoms with Crippen molar-refractivity contribution in [3.05, 3.63) is 40.9 Å². The molecule has 0 unspecified atom stereocenters. The molecule has 0 atom stereocenters. The molecule has 3 aromatic heterocycles. The van der Waals surface area contributed by atoms with Crippen molar-refractivity contribution in [2.45, 2.75) is 20.0 Å². The van der Waals surface area contributed by atoms with Gasteiger partial charge in [0.2, 0.25) is 4.96 Å². The first-order chi connectivity index (χ1) is 9.74. The van der Waals surface area contributed by atoms with Crippen LogP contribution in [0.15, 0.2) is 24.5 Å². The number of aliphatic hydroxyl groups excluding tert-OH is 1. The largest absolute Gasteiger partial charge is 0.390 e. The van der Waals surface area contributed by atoms with Gasteiger partial charge in [0.05, 0.1) is 24.2 Å². The van der Waals surface area contributed by atoms with Crippen molar-refractivity contribution in [1.82, 2.24) is 19.6 Å². The fourth-order valence-electron chi connectivity index (χ4n) is 1.97. The minimum absolute atomic E-state index is 0.0438. The monoisotopic (exact) mass is 289 g/mol. The first kappa shape index (κ1) is 13.0. The molecular formula is C13H15N5OS. The molecule has 0 amide bonds. The second kappa shape index (κ2) is 5.56. The van der Waals surface area contributed by atoms with Gasteiger partial charge in [-0.25, -0.2) is 9.50 Å². The zero-order valence-electron chi connectivity index (χ0n) is 11.1. The highest BCUT2D eigenvalue weighted by molar-refractivity contribution is 7.16. The molecule has 3 aromatic rings. The fourth-order valence-corrected chi connectivity index (χ4v) is 2.72. The second-order valence-corrected chi connectivity index (χ2v) is 5.61. The van der Waals surface area contributed by atoms with Crippen LogP contribution in [0.5, 0.6) is 0 Å². The second-order valence-electron chi connectivity index (χ2n) is 4.45. The first-order valence-electron chi connectivity index (χ1n) is 6.36. The van der Waals surface area contributed by atoms with Crippen molar-refractivity contribution >= 4 is 22.0 Å². The summed E-state index contributed by atoms with van der Waals surface area (Å²) in [5.41, 5.74) is 2.64. The Balaban J connectivity index is 1.60. The van der Waals surface area contributed by atoms with E-state index >= 15 is 0 Å². The number of rotatable bonds is 5. The van der Waals surface area contributed by atoms with Gasteiger partial charge in [-0.15, -0.1) is 0 Å². The molecule has 104 valence electrons. The molecule has 3 rings (SSSR count). The maximum absolute atomic E-state index is 9.04. The van der Waals surface area contributed by atoms with Crippen molar-refractivity contribution in [3.8, 4) is 0 Å². The van der Waals surface area contributed by atoms with E-state index in [2.05, 4.69) is 20.4 Å². The van der Waals surface area contributed by atoms with Crippen molar-refractivity contribution in [1.29, 1.82) is 0 Å². The molecule has 0 saturated carbocycles. The third-order valence-corrected chi connectivity index (χ3v) is 3.72. The summed E-state index contributed by atoms with van der Waals surface area (Å²) < 4.78 is 1.83. The van der Waals surface area contributed by atoms with E-state index in [1.807, 2.05) is 29.8 Å². The third kappa shape index (κ3) is 2.78. The Morgan fingerprint density at radius 2 is 2.30 bits per heavy atom. The summed E-state index contributed by atoms with van der Waals surface area (Å²) in [6, 6.07) is 3.73. The van der Waals surface area contributed by atoms with Gasteiger partial charge in [-0.05, 0) is 19.1 Å². The number of hydrogen-bond acceptors (Lipinski definition) is 6. The third-order valence-electron chi connectivity index (χ3n) is 2.88. The van der Waals surface area contributed by atoms with Gasteiger partial charge in [-0.2, -0.15) is 5.10 Å². The van der Waals surface area contributed by atoms with Crippen LogP contribution in [0.2, 0.25) is 0 Å². The van der Waals surface area contributed by atoms with Crippen LogP contribution in [-0.2, 0) is 13.0 Å². The van der Waals surface area contributed by atoms with Gasteiger partial charge in [-0.3, -0.25) is 4.98 Å². The lowest BCUT2D eigenvalue weighted by Crippen LogP contribution is -2.05. The molecule has 0 aliphatic rings. The van der Waals surface area contributed by atoms with Gasteiger partial charge < -0.3 is 10.4 Å². The summed E-state index contributed by atoms with van der Waals surface area (Å²) in [4.78, 5) is 9.50. The lowest BCUT2D eigenvalue weighted by molar-refractivity contribution is 0.277. The molecule has 0 bridgehead atoms. The number of pyridine rings is 1. The Labute approximate surface area is 120 Å². The van der Waals surface area contributed by atoms with Gasteiger partial charge >= 0.3 is 0 Å². The van der Waals surface area contributed by atoms with Gasteiger partial charge in [0, 0.05) is 24.8 Å². The smallest absolute Gasteiger partial charge is 0.212 e. The SMILES string of the molecule is Cc1nn2cc(CCNc3ccnc(CO)c3)nc2s1. The molecule has 7 heteroatoms. The molecule has 0 aliphatic heterocycles. The minimum Gasteiger partial charge on any atom is -0.390 e. The number of anilines is 1. The number of nitrogens with one attached hydrogen (secondary N) is 1. The van der Waals surface area contributed by atoms with Crippen molar-refractivity contribution in [2.75, 3.05) is 11.9 Å². The van der Waals surface area contributed by atoms with E-state index in [1.165, 1.54) is 0 Å². The predicted octanol–water partition coefficient (Wildman–Crippen LogP) is 1.64. The standard InChI is InChI=1S/C13H15N5OS/c1-9-17-18-7-11(16-13(18)20-9)3-5-14-10-2-4-15-12(6-10)8-19/h2,4,6-7,19H,3,5,8H2,1H3,(H,14,15). The average molecular weight is 289 g/mol. The highest BCUT2D eigenvalue weighted by Crippen LogP contribution is 2.14. The Kier molecular flexibility index (Phi) is 3.62. The molecule has 0 spiro atoms. The van der Waals surface area contributed by atoms with Crippen LogP contribution < -0.4 is 5.32 Å². The van der Waals surface area contributed by atoms with Crippen LogP contribution in [-0.4, -0.2) is 31.2 Å². The van der Waals surface area contributed by atoms with Crippen LogP contribution in [0.1, 0.15) is 16.4 Å². The lowest BCUT2D eigenvalue weighted by atomic mass is 10.3. The number of hydrogen-bond donors (Lipinski definition) is 2. The molecule has 20 heavy (non-hydrogen) atoms. The summed E-state index contributed by atoms with van der Waals surface area (Å²) in [5, 5.41) is 17.7. The maximum atomic E-state index is 9.04. The van der Waals surface area contributed by atoms with E-state index in [0.717, 1.165) is 34.3 Å². The molecule has 0 aromatic carbocycles. The molecule has 3 heterocycles. The topological polar surface area (TPSA) is 75.3 Å². The minimum atomic E-state index is -0.0438. The summed E-state index contributed by atoms with van der Waals surface area (Å²) >= 11 is 1.59. The highest BCUT2D eigenvalue weighted by Gasteiger charge is 2.05. The number of nitrogens with zero attached hydrogens (tertiary/aromatic N) is 4. The van der Waals surface area contributed by atoms with Gasteiger partial charge in [-0.1, -0.05) is 11.3 Å². The summed E-state index contributed by atoms with van der Waals surface area (Å²) in [7, 11) is 0. The molecule has 6 nitrogen and oxygen atoms in total. The van der Waals surface area contributed by atoms with E-state index in [0.29, 0.717) is 5.69 Å². The van der Waals surface area contributed by atoms with Crippen molar-refractivity contribution in [3.63, 3.8) is 0 Å². The van der Waals surface area contributed by atoms with E-state index < -0.39 is 0 Å². The zero-order valence-corrected chi connectivity index (χ0v) is 11.9. The van der Waals surface area contributed by atoms with Gasteiger partial charge in [0.25, 0.3) is 0 Å². The summed E-state index contributed by atoms with van der Waals surface area (Å²) in [6.07, 6.45) is 4.48. The van der Waals surface area contributed by atoms with Crippen LogP contribution in [0.25, 0.3) is 4.96 Å². The number of imidazole rings is 1. The Morgan fingerprint density at radius 1 is 1.40 bits per heavy atom. The van der Waals surface area contributed by atoms with Gasteiger partial charge in [0.15, 0.2) is 0 Å². The fraction of sp³-hybridized carbons (Fsp3) is 0.308. The molecule has 0 radical (unpaired) electrons. The summed E-state index contributed by atoms with van der Waals surface area (Å²) in [6.45, 7) is 2.71. The van der Waals surface area contributed by atoms with Crippen molar-refractivity contribution < 1.29 is 5.11 Å². The first-order valence-corrected chi connectivity index (χ1v) is 7.17. The maximum Gasteiger partial charge on any atom is 0.212 e. The van der Waals surface area contributed by atoms with Crippen LogP contribution in [0.4, 0.5) is 5.69 Å². The zero-order chi connectivity index (χ0) is 13.9. The van der Waals surface area contributed by atoms with E-state index in [4.69, 9.17) is 5.11 Å². The number of aliphatic hydroxyl groups is 1. The number of aryl methyl sites for hydroxylation is 1. The molecule has 0 aliphatic carbocycles.